The molecule has 7 heteroatoms. The highest BCUT2D eigenvalue weighted by Crippen LogP contribution is 2.35. The van der Waals surface area contributed by atoms with Gasteiger partial charge in [-0.25, -0.2) is 0 Å². The number of carbonyl (C=O) groups excluding carboxylic acids is 2. The van der Waals surface area contributed by atoms with Gasteiger partial charge in [-0.3, -0.25) is 9.59 Å². The number of nitrogens with one attached hydrogen (secondary N) is 1. The fourth-order valence-electron chi connectivity index (χ4n) is 5.50. The van der Waals surface area contributed by atoms with Gasteiger partial charge < -0.3 is 19.5 Å². The van der Waals surface area contributed by atoms with E-state index in [-0.39, 0.29) is 17.9 Å². The molecule has 0 unspecified atom stereocenters. The zero-order valence-corrected chi connectivity index (χ0v) is 21.5. The molecule has 0 bridgehead atoms. The van der Waals surface area contributed by atoms with Crippen LogP contribution < -0.4 is 10.1 Å². The van der Waals surface area contributed by atoms with E-state index in [9.17, 15) is 9.59 Å². The molecule has 1 atom stereocenters. The molecule has 186 valence electrons. The van der Waals surface area contributed by atoms with Crippen LogP contribution in [0.3, 0.4) is 0 Å². The Balaban J connectivity index is 1.46. The lowest BCUT2D eigenvalue weighted by atomic mass is 9.91. The summed E-state index contributed by atoms with van der Waals surface area (Å²) in [6, 6.07) is 12.0. The van der Waals surface area contributed by atoms with Crippen LogP contribution in [-0.2, 0) is 17.9 Å². The molecule has 1 N–H and O–H groups in total. The Morgan fingerprint density at radius 2 is 1.83 bits per heavy atom. The smallest absolute Gasteiger partial charge is 0.271 e. The number of thiophene rings is 1. The van der Waals surface area contributed by atoms with E-state index in [4.69, 9.17) is 4.74 Å². The van der Waals surface area contributed by atoms with E-state index in [1.165, 1.54) is 19.3 Å². The van der Waals surface area contributed by atoms with Crippen molar-refractivity contribution in [3.8, 4) is 5.75 Å². The van der Waals surface area contributed by atoms with E-state index in [1.807, 2.05) is 60.2 Å². The number of fused-ring (bicyclic) bond motifs is 3. The summed E-state index contributed by atoms with van der Waals surface area (Å²) in [6.07, 6.45) is 8.07. The SMILES string of the molecule is CCOc1ccc(CN2C(=O)c3cc4sccc4n3C[C@@]2(C)C(=O)NC2CCCCCCC2)cc1. The van der Waals surface area contributed by atoms with Crippen molar-refractivity contribution in [3.63, 3.8) is 0 Å². The van der Waals surface area contributed by atoms with Gasteiger partial charge in [-0.2, -0.15) is 0 Å². The minimum absolute atomic E-state index is 0.0508. The van der Waals surface area contributed by atoms with Crippen LogP contribution in [0.25, 0.3) is 10.2 Å². The van der Waals surface area contributed by atoms with Gasteiger partial charge in [0.2, 0.25) is 5.91 Å². The predicted octanol–water partition coefficient (Wildman–Crippen LogP) is 5.75. The van der Waals surface area contributed by atoms with Crippen LogP contribution in [0.15, 0.2) is 41.8 Å². The maximum atomic E-state index is 13.9. The van der Waals surface area contributed by atoms with E-state index in [1.54, 1.807) is 16.2 Å². The highest BCUT2D eigenvalue weighted by molar-refractivity contribution is 7.17. The number of hydrogen-bond acceptors (Lipinski definition) is 4. The van der Waals surface area contributed by atoms with E-state index in [0.717, 1.165) is 47.2 Å². The first-order chi connectivity index (χ1) is 17.0. The van der Waals surface area contributed by atoms with Crippen molar-refractivity contribution in [2.24, 2.45) is 0 Å². The molecule has 1 fully saturated rings. The average molecular weight is 494 g/mol. The minimum atomic E-state index is -0.987. The topological polar surface area (TPSA) is 63.6 Å². The molecule has 3 heterocycles. The number of benzene rings is 1. The summed E-state index contributed by atoms with van der Waals surface area (Å²) < 4.78 is 8.70. The molecule has 1 saturated carbocycles. The van der Waals surface area contributed by atoms with Crippen molar-refractivity contribution >= 4 is 33.4 Å². The van der Waals surface area contributed by atoms with Gasteiger partial charge in [0.25, 0.3) is 5.91 Å². The molecule has 0 saturated heterocycles. The summed E-state index contributed by atoms with van der Waals surface area (Å²) in [7, 11) is 0. The number of carbonyl (C=O) groups is 2. The number of aromatic nitrogens is 1. The van der Waals surface area contributed by atoms with Crippen molar-refractivity contribution in [1.29, 1.82) is 0 Å². The number of nitrogens with zero attached hydrogens (tertiary/aromatic N) is 2. The standard InChI is InChI=1S/C28H35N3O3S/c1-3-34-22-13-11-20(12-14-22)18-31-26(32)24-17-25-23(15-16-35-25)30(24)19-28(31,2)27(33)29-21-9-7-5-4-6-8-10-21/h11-17,21H,3-10,18-19H2,1-2H3,(H,29,33)/t28-/m0/s1. The highest BCUT2D eigenvalue weighted by atomic mass is 32.1. The van der Waals surface area contributed by atoms with E-state index in [2.05, 4.69) is 5.32 Å². The molecule has 5 rings (SSSR count). The van der Waals surface area contributed by atoms with Crippen LogP contribution in [0, 0.1) is 0 Å². The molecule has 2 aromatic heterocycles. The van der Waals surface area contributed by atoms with Crippen molar-refractivity contribution in [3.05, 3.63) is 53.0 Å². The Morgan fingerprint density at radius 1 is 1.11 bits per heavy atom. The second-order valence-electron chi connectivity index (χ2n) is 10.0. The third-order valence-corrected chi connectivity index (χ3v) is 8.41. The van der Waals surface area contributed by atoms with Gasteiger partial charge in [0.1, 0.15) is 17.0 Å². The molecule has 3 aromatic rings. The van der Waals surface area contributed by atoms with Crippen LogP contribution in [0.1, 0.15) is 74.8 Å². The van der Waals surface area contributed by atoms with Crippen molar-refractivity contribution in [1.82, 2.24) is 14.8 Å². The van der Waals surface area contributed by atoms with Gasteiger partial charge in [0, 0.05) is 12.6 Å². The van der Waals surface area contributed by atoms with Crippen LogP contribution in [0.5, 0.6) is 5.75 Å². The summed E-state index contributed by atoms with van der Waals surface area (Å²) in [5, 5.41) is 5.40. The first-order valence-corrected chi connectivity index (χ1v) is 13.8. The lowest BCUT2D eigenvalue weighted by Crippen LogP contribution is -2.64. The quantitative estimate of drug-likeness (QED) is 0.476. The lowest BCUT2D eigenvalue weighted by Gasteiger charge is -2.44. The zero-order chi connectivity index (χ0) is 24.4. The summed E-state index contributed by atoms with van der Waals surface area (Å²) >= 11 is 1.63. The maximum absolute atomic E-state index is 13.9. The Bertz CT molecular complexity index is 1190. The fourth-order valence-corrected chi connectivity index (χ4v) is 6.32. The molecular weight excluding hydrogens is 458 g/mol. The lowest BCUT2D eigenvalue weighted by molar-refractivity contribution is -0.134. The van der Waals surface area contributed by atoms with Crippen molar-refractivity contribution < 1.29 is 14.3 Å². The average Bonchev–Trinajstić information content (AvgIpc) is 3.42. The van der Waals surface area contributed by atoms with Gasteiger partial charge in [0.05, 0.1) is 23.4 Å². The molecule has 6 nitrogen and oxygen atoms in total. The predicted molar refractivity (Wildman–Crippen MR) is 140 cm³/mol. The van der Waals surface area contributed by atoms with E-state index < -0.39 is 5.54 Å². The summed E-state index contributed by atoms with van der Waals surface area (Å²) in [5.41, 5.74) is 1.69. The Labute approximate surface area is 211 Å². The fraction of sp³-hybridized carbons (Fsp3) is 0.500. The third-order valence-electron chi connectivity index (χ3n) is 7.55. The molecule has 1 aliphatic carbocycles. The molecule has 1 aliphatic heterocycles. The minimum Gasteiger partial charge on any atom is -0.494 e. The number of hydrogen-bond donors (Lipinski definition) is 1. The highest BCUT2D eigenvalue weighted by Gasteiger charge is 2.48. The summed E-state index contributed by atoms with van der Waals surface area (Å²) in [6.45, 7) is 5.32. The van der Waals surface area contributed by atoms with Crippen LogP contribution >= 0.6 is 11.3 Å². The second-order valence-corrected chi connectivity index (χ2v) is 11.0. The summed E-state index contributed by atoms with van der Waals surface area (Å²) in [4.78, 5) is 29.6. The zero-order valence-electron chi connectivity index (χ0n) is 20.7. The van der Waals surface area contributed by atoms with Crippen molar-refractivity contribution in [2.75, 3.05) is 6.61 Å². The van der Waals surface area contributed by atoms with Crippen molar-refractivity contribution in [2.45, 2.75) is 83.5 Å². The monoisotopic (exact) mass is 493 g/mol. The van der Waals surface area contributed by atoms with Gasteiger partial charge in [-0.05, 0) is 61.9 Å². The number of amides is 2. The Morgan fingerprint density at radius 3 is 2.54 bits per heavy atom. The van der Waals surface area contributed by atoms with Gasteiger partial charge in [-0.15, -0.1) is 11.3 Å². The molecule has 2 aliphatic rings. The first-order valence-electron chi connectivity index (χ1n) is 12.9. The van der Waals surface area contributed by atoms with Gasteiger partial charge in [0.15, 0.2) is 0 Å². The molecule has 2 amide bonds. The summed E-state index contributed by atoms with van der Waals surface area (Å²) in [5.74, 6) is 0.661. The second kappa shape index (κ2) is 10.1. The van der Waals surface area contributed by atoms with Crippen LogP contribution in [0.2, 0.25) is 0 Å². The maximum Gasteiger partial charge on any atom is 0.271 e. The number of rotatable bonds is 6. The normalized spacial score (nSPS) is 21.4. The molecule has 0 spiro atoms. The Kier molecular flexibility index (Phi) is 6.87. The van der Waals surface area contributed by atoms with E-state index >= 15 is 0 Å². The number of ether oxygens (including phenoxy) is 1. The largest absolute Gasteiger partial charge is 0.494 e. The Hall–Kier alpha value is -2.80. The molecule has 35 heavy (non-hydrogen) atoms. The van der Waals surface area contributed by atoms with Crippen LogP contribution in [-0.4, -0.2) is 39.5 Å². The third kappa shape index (κ3) is 4.70. The van der Waals surface area contributed by atoms with Gasteiger partial charge in [-0.1, -0.05) is 44.2 Å². The first kappa shape index (κ1) is 23.9. The van der Waals surface area contributed by atoms with Crippen LogP contribution in [0.4, 0.5) is 0 Å². The molecule has 0 radical (unpaired) electrons. The molecule has 1 aromatic carbocycles. The van der Waals surface area contributed by atoms with E-state index in [0.29, 0.717) is 25.4 Å². The van der Waals surface area contributed by atoms with Gasteiger partial charge >= 0.3 is 0 Å². The molecular formula is C28H35N3O3S.